The number of rotatable bonds is 2. The molecular formula is C16H20N2. The lowest BCUT2D eigenvalue weighted by Gasteiger charge is -2.27. The van der Waals surface area contributed by atoms with Crippen LogP contribution in [0.4, 0.5) is 5.69 Å². The molecule has 1 N–H and O–H groups in total. The molecule has 0 aliphatic carbocycles. The van der Waals surface area contributed by atoms with Crippen LogP contribution in [-0.4, -0.2) is 11.0 Å². The van der Waals surface area contributed by atoms with Crippen LogP contribution in [0.15, 0.2) is 24.3 Å². The van der Waals surface area contributed by atoms with Gasteiger partial charge in [0.05, 0.1) is 11.2 Å². The molecule has 18 heavy (non-hydrogen) atoms. The molecule has 3 rings (SSSR count). The molecule has 1 aliphatic heterocycles. The maximum atomic E-state index is 4.81. The molecular weight excluding hydrogens is 220 g/mol. The van der Waals surface area contributed by atoms with Crippen LogP contribution in [-0.2, 0) is 12.8 Å². The third-order valence-corrected chi connectivity index (χ3v) is 3.97. The van der Waals surface area contributed by atoms with Crippen LogP contribution in [0, 0.1) is 0 Å². The van der Waals surface area contributed by atoms with E-state index in [0.29, 0.717) is 6.04 Å². The van der Waals surface area contributed by atoms with Crippen LogP contribution in [0.2, 0.25) is 0 Å². The summed E-state index contributed by atoms with van der Waals surface area (Å²) in [7, 11) is 0. The van der Waals surface area contributed by atoms with Gasteiger partial charge in [-0.2, -0.15) is 0 Å². The SMILES string of the molecule is CCc1ccc2ccc3c(c2n1)N[C@H](CC)CC3. The molecule has 1 aromatic heterocycles. The van der Waals surface area contributed by atoms with Gasteiger partial charge in [0.1, 0.15) is 0 Å². The topological polar surface area (TPSA) is 24.9 Å². The number of nitrogens with one attached hydrogen (secondary N) is 1. The van der Waals surface area contributed by atoms with Crippen molar-refractivity contribution >= 4 is 16.6 Å². The van der Waals surface area contributed by atoms with Gasteiger partial charge in [0, 0.05) is 17.1 Å². The van der Waals surface area contributed by atoms with E-state index in [1.165, 1.54) is 41.6 Å². The van der Waals surface area contributed by atoms with Crippen LogP contribution in [0.25, 0.3) is 10.9 Å². The summed E-state index contributed by atoms with van der Waals surface area (Å²) in [5, 5.41) is 4.92. The second-order valence-electron chi connectivity index (χ2n) is 5.12. The summed E-state index contributed by atoms with van der Waals surface area (Å²) in [4.78, 5) is 4.81. The Kier molecular flexibility index (Phi) is 2.94. The fourth-order valence-electron chi connectivity index (χ4n) is 2.75. The maximum Gasteiger partial charge on any atom is 0.0939 e. The van der Waals surface area contributed by atoms with E-state index in [1.54, 1.807) is 0 Å². The number of fused-ring (bicyclic) bond motifs is 3. The third-order valence-electron chi connectivity index (χ3n) is 3.97. The van der Waals surface area contributed by atoms with Crippen molar-refractivity contribution < 1.29 is 0 Å². The van der Waals surface area contributed by atoms with Crippen molar-refractivity contribution in [1.82, 2.24) is 4.98 Å². The lowest BCUT2D eigenvalue weighted by atomic mass is 9.95. The molecule has 2 heteroatoms. The molecule has 0 amide bonds. The van der Waals surface area contributed by atoms with Gasteiger partial charge in [-0.1, -0.05) is 32.0 Å². The van der Waals surface area contributed by atoms with E-state index >= 15 is 0 Å². The van der Waals surface area contributed by atoms with Gasteiger partial charge in [0.2, 0.25) is 0 Å². The summed E-state index contributed by atoms with van der Waals surface area (Å²) in [5.41, 5.74) is 5.04. The van der Waals surface area contributed by atoms with E-state index < -0.39 is 0 Å². The molecule has 94 valence electrons. The molecule has 0 spiro atoms. The van der Waals surface area contributed by atoms with Gasteiger partial charge in [-0.05, 0) is 37.3 Å². The van der Waals surface area contributed by atoms with Crippen LogP contribution in [0.3, 0.4) is 0 Å². The number of hydrogen-bond donors (Lipinski definition) is 1. The Balaban J connectivity index is 2.16. The van der Waals surface area contributed by atoms with Gasteiger partial charge in [0.25, 0.3) is 0 Å². The third kappa shape index (κ3) is 1.86. The first kappa shape index (κ1) is 11.5. The molecule has 1 atom stereocenters. The largest absolute Gasteiger partial charge is 0.380 e. The molecule has 0 unspecified atom stereocenters. The van der Waals surface area contributed by atoms with Crippen LogP contribution in [0.1, 0.15) is 37.9 Å². The van der Waals surface area contributed by atoms with Crippen LogP contribution in [0.5, 0.6) is 0 Å². The summed E-state index contributed by atoms with van der Waals surface area (Å²) in [6.07, 6.45) is 4.59. The summed E-state index contributed by atoms with van der Waals surface area (Å²) in [6, 6.07) is 9.39. The van der Waals surface area contributed by atoms with E-state index in [0.717, 1.165) is 11.9 Å². The van der Waals surface area contributed by atoms with Crippen LogP contribution < -0.4 is 5.32 Å². The highest BCUT2D eigenvalue weighted by Crippen LogP contribution is 2.32. The zero-order chi connectivity index (χ0) is 12.5. The van der Waals surface area contributed by atoms with Crippen molar-refractivity contribution in [2.75, 3.05) is 5.32 Å². The highest BCUT2D eigenvalue weighted by molar-refractivity contribution is 5.92. The first-order valence-corrected chi connectivity index (χ1v) is 7.00. The number of nitrogens with zero attached hydrogens (tertiary/aromatic N) is 1. The molecule has 2 heterocycles. The Morgan fingerprint density at radius 2 is 2.06 bits per heavy atom. The lowest BCUT2D eigenvalue weighted by molar-refractivity contribution is 0.615. The van der Waals surface area contributed by atoms with E-state index in [-0.39, 0.29) is 0 Å². The van der Waals surface area contributed by atoms with Crippen molar-refractivity contribution in [2.45, 2.75) is 45.6 Å². The normalized spacial score (nSPS) is 18.4. The van der Waals surface area contributed by atoms with E-state index in [1.807, 2.05) is 0 Å². The summed E-state index contributed by atoms with van der Waals surface area (Å²) < 4.78 is 0. The minimum Gasteiger partial charge on any atom is -0.380 e. The van der Waals surface area contributed by atoms with Gasteiger partial charge in [-0.3, -0.25) is 4.98 Å². The fraction of sp³-hybridized carbons (Fsp3) is 0.438. The highest BCUT2D eigenvalue weighted by atomic mass is 14.9. The molecule has 2 aromatic rings. The predicted molar refractivity (Wildman–Crippen MR) is 77.1 cm³/mol. The van der Waals surface area contributed by atoms with Crippen molar-refractivity contribution in [1.29, 1.82) is 0 Å². The van der Waals surface area contributed by atoms with Gasteiger partial charge >= 0.3 is 0 Å². The Morgan fingerprint density at radius 3 is 2.83 bits per heavy atom. The molecule has 0 bridgehead atoms. The summed E-state index contributed by atoms with van der Waals surface area (Å²) in [5.74, 6) is 0. The number of benzene rings is 1. The number of aromatic nitrogens is 1. The average Bonchev–Trinajstić information content (AvgIpc) is 2.45. The molecule has 0 fully saturated rings. The van der Waals surface area contributed by atoms with Gasteiger partial charge in [-0.25, -0.2) is 0 Å². The minimum atomic E-state index is 0.607. The van der Waals surface area contributed by atoms with E-state index in [4.69, 9.17) is 4.98 Å². The molecule has 2 nitrogen and oxygen atoms in total. The predicted octanol–water partition coefficient (Wildman–Crippen LogP) is 3.93. The van der Waals surface area contributed by atoms with Gasteiger partial charge in [0.15, 0.2) is 0 Å². The summed E-state index contributed by atoms with van der Waals surface area (Å²) in [6.45, 7) is 4.41. The Labute approximate surface area is 108 Å². The standard InChI is InChI=1S/C16H20N2/c1-3-13-9-7-11-5-6-12-8-10-14(4-2)18-16(12)15(11)17-13/h5-7,9,14,18H,3-4,8,10H2,1-2H3/t14-/m1/s1. The Bertz CT molecular complexity index is 569. The van der Waals surface area contributed by atoms with Crippen molar-refractivity contribution in [3.63, 3.8) is 0 Å². The van der Waals surface area contributed by atoms with Crippen molar-refractivity contribution in [3.8, 4) is 0 Å². The van der Waals surface area contributed by atoms with Crippen molar-refractivity contribution in [3.05, 3.63) is 35.5 Å². The zero-order valence-electron chi connectivity index (χ0n) is 11.2. The quantitative estimate of drug-likeness (QED) is 0.860. The van der Waals surface area contributed by atoms with Crippen molar-refractivity contribution in [2.24, 2.45) is 0 Å². The molecule has 0 radical (unpaired) electrons. The Morgan fingerprint density at radius 1 is 1.22 bits per heavy atom. The number of aryl methyl sites for hydroxylation is 2. The summed E-state index contributed by atoms with van der Waals surface area (Å²) >= 11 is 0. The fourth-order valence-corrected chi connectivity index (χ4v) is 2.75. The smallest absolute Gasteiger partial charge is 0.0939 e. The Hall–Kier alpha value is -1.57. The molecule has 0 saturated heterocycles. The monoisotopic (exact) mass is 240 g/mol. The first-order chi connectivity index (χ1) is 8.81. The van der Waals surface area contributed by atoms with Gasteiger partial charge in [-0.15, -0.1) is 0 Å². The van der Waals surface area contributed by atoms with E-state index in [9.17, 15) is 0 Å². The molecule has 0 saturated carbocycles. The van der Waals surface area contributed by atoms with Gasteiger partial charge < -0.3 is 5.32 Å². The second kappa shape index (κ2) is 4.60. The maximum absolute atomic E-state index is 4.81. The number of pyridine rings is 1. The average molecular weight is 240 g/mol. The minimum absolute atomic E-state index is 0.607. The lowest BCUT2D eigenvalue weighted by Crippen LogP contribution is -2.24. The number of anilines is 1. The number of hydrogen-bond acceptors (Lipinski definition) is 2. The molecule has 1 aliphatic rings. The zero-order valence-corrected chi connectivity index (χ0v) is 11.2. The first-order valence-electron chi connectivity index (χ1n) is 7.00. The second-order valence-corrected chi connectivity index (χ2v) is 5.12. The molecule has 1 aromatic carbocycles. The van der Waals surface area contributed by atoms with E-state index in [2.05, 4.69) is 43.4 Å². The van der Waals surface area contributed by atoms with Crippen LogP contribution >= 0.6 is 0 Å². The highest BCUT2D eigenvalue weighted by Gasteiger charge is 2.18.